The monoisotopic (exact) mass is 304 g/mol. The standard InChI is InChI=1S/C18H25FN2O/c19-15-7-4-6-14(12-15)18(9-2-1-3-10-18)17(22)21-16-8-5-11-20-13-16/h4,6-7,12,16,20H,1-3,5,8-11,13H2,(H,21,22). The summed E-state index contributed by atoms with van der Waals surface area (Å²) >= 11 is 0. The molecule has 3 rings (SSSR count). The van der Waals surface area contributed by atoms with E-state index in [0.717, 1.165) is 63.6 Å². The third kappa shape index (κ3) is 3.17. The molecule has 1 saturated carbocycles. The highest BCUT2D eigenvalue weighted by Crippen LogP contribution is 2.40. The first kappa shape index (κ1) is 15.5. The molecule has 2 N–H and O–H groups in total. The van der Waals surface area contributed by atoms with Gasteiger partial charge in [0.15, 0.2) is 0 Å². The summed E-state index contributed by atoms with van der Waals surface area (Å²) in [5.41, 5.74) is 0.297. The number of nitrogens with one attached hydrogen (secondary N) is 2. The highest BCUT2D eigenvalue weighted by atomic mass is 19.1. The summed E-state index contributed by atoms with van der Waals surface area (Å²) in [6.45, 7) is 1.87. The van der Waals surface area contributed by atoms with Crippen LogP contribution in [0.1, 0.15) is 50.5 Å². The number of halogens is 1. The Morgan fingerprint density at radius 3 is 2.73 bits per heavy atom. The maximum Gasteiger partial charge on any atom is 0.230 e. The SMILES string of the molecule is O=C(NC1CCCNC1)C1(c2cccc(F)c2)CCCCC1. The number of hydrogen-bond acceptors (Lipinski definition) is 2. The van der Waals surface area contributed by atoms with E-state index in [4.69, 9.17) is 0 Å². The third-order valence-electron chi connectivity index (χ3n) is 5.15. The lowest BCUT2D eigenvalue weighted by molar-refractivity contribution is -0.129. The van der Waals surface area contributed by atoms with Crippen molar-refractivity contribution in [3.05, 3.63) is 35.6 Å². The van der Waals surface area contributed by atoms with E-state index in [9.17, 15) is 9.18 Å². The zero-order chi connectivity index (χ0) is 15.4. The van der Waals surface area contributed by atoms with Crippen LogP contribution in [0.3, 0.4) is 0 Å². The van der Waals surface area contributed by atoms with Crippen LogP contribution in [0.15, 0.2) is 24.3 Å². The van der Waals surface area contributed by atoms with Crippen LogP contribution in [0.5, 0.6) is 0 Å². The smallest absolute Gasteiger partial charge is 0.230 e. The summed E-state index contributed by atoms with van der Waals surface area (Å²) in [7, 11) is 0. The number of rotatable bonds is 3. The molecule has 3 nitrogen and oxygen atoms in total. The van der Waals surface area contributed by atoms with Crippen molar-refractivity contribution < 1.29 is 9.18 Å². The maximum absolute atomic E-state index is 13.7. The Morgan fingerprint density at radius 1 is 1.23 bits per heavy atom. The highest BCUT2D eigenvalue weighted by molar-refractivity contribution is 5.88. The van der Waals surface area contributed by atoms with Gasteiger partial charge in [-0.15, -0.1) is 0 Å². The van der Waals surface area contributed by atoms with Crippen LogP contribution in [0, 0.1) is 5.82 Å². The van der Waals surface area contributed by atoms with E-state index >= 15 is 0 Å². The maximum atomic E-state index is 13.7. The van der Waals surface area contributed by atoms with E-state index in [-0.39, 0.29) is 17.8 Å². The van der Waals surface area contributed by atoms with Gasteiger partial charge in [-0.2, -0.15) is 0 Å². The molecule has 120 valence electrons. The molecule has 0 aromatic heterocycles. The van der Waals surface area contributed by atoms with Crippen molar-refractivity contribution in [3.63, 3.8) is 0 Å². The van der Waals surface area contributed by atoms with Crippen molar-refractivity contribution >= 4 is 5.91 Å². The molecule has 0 bridgehead atoms. The number of benzene rings is 1. The lowest BCUT2D eigenvalue weighted by Crippen LogP contribution is -2.53. The van der Waals surface area contributed by atoms with Gasteiger partial charge in [0.1, 0.15) is 5.82 Å². The quantitative estimate of drug-likeness (QED) is 0.901. The Labute approximate surface area is 131 Å². The van der Waals surface area contributed by atoms with Gasteiger partial charge in [-0.25, -0.2) is 4.39 Å². The number of carbonyl (C=O) groups excluding carboxylic acids is 1. The Kier molecular flexibility index (Phi) is 4.77. The van der Waals surface area contributed by atoms with Gasteiger partial charge in [-0.3, -0.25) is 4.79 Å². The van der Waals surface area contributed by atoms with Crippen molar-refractivity contribution in [2.75, 3.05) is 13.1 Å². The van der Waals surface area contributed by atoms with E-state index in [1.54, 1.807) is 12.1 Å². The molecule has 1 saturated heterocycles. The molecule has 22 heavy (non-hydrogen) atoms. The third-order valence-corrected chi connectivity index (χ3v) is 5.15. The van der Waals surface area contributed by atoms with Gasteiger partial charge in [0.25, 0.3) is 0 Å². The number of amides is 1. The topological polar surface area (TPSA) is 41.1 Å². The highest BCUT2D eigenvalue weighted by Gasteiger charge is 2.41. The minimum Gasteiger partial charge on any atom is -0.351 e. The average Bonchev–Trinajstić information content (AvgIpc) is 2.56. The lowest BCUT2D eigenvalue weighted by Gasteiger charge is -2.38. The van der Waals surface area contributed by atoms with Gasteiger partial charge in [0.2, 0.25) is 5.91 Å². The molecule has 2 aliphatic rings. The Hall–Kier alpha value is -1.42. The van der Waals surface area contributed by atoms with E-state index in [0.29, 0.717) is 0 Å². The molecule has 4 heteroatoms. The van der Waals surface area contributed by atoms with Crippen LogP contribution in [-0.2, 0) is 10.2 Å². The molecule has 1 aliphatic heterocycles. The van der Waals surface area contributed by atoms with Gasteiger partial charge in [-0.1, -0.05) is 31.4 Å². The lowest BCUT2D eigenvalue weighted by atomic mass is 9.68. The summed E-state index contributed by atoms with van der Waals surface area (Å²) in [5, 5.41) is 6.55. The Balaban J connectivity index is 1.83. The van der Waals surface area contributed by atoms with Gasteiger partial charge in [0, 0.05) is 12.6 Å². The Bertz CT molecular complexity index is 520. The fourth-order valence-corrected chi connectivity index (χ4v) is 3.89. The largest absolute Gasteiger partial charge is 0.351 e. The molecule has 0 radical (unpaired) electrons. The fraction of sp³-hybridized carbons (Fsp3) is 0.611. The normalized spacial score (nSPS) is 24.7. The molecular weight excluding hydrogens is 279 g/mol. The van der Waals surface area contributed by atoms with Gasteiger partial charge in [-0.05, 0) is 49.9 Å². The summed E-state index contributed by atoms with van der Waals surface area (Å²) in [5.74, 6) is -0.166. The van der Waals surface area contributed by atoms with Gasteiger partial charge >= 0.3 is 0 Å². The van der Waals surface area contributed by atoms with E-state index in [1.807, 2.05) is 6.07 Å². The van der Waals surface area contributed by atoms with Crippen molar-refractivity contribution in [1.29, 1.82) is 0 Å². The van der Waals surface area contributed by atoms with Gasteiger partial charge < -0.3 is 10.6 Å². The summed E-state index contributed by atoms with van der Waals surface area (Å²) in [4.78, 5) is 13.0. The van der Waals surface area contributed by atoms with E-state index < -0.39 is 5.41 Å². The number of carbonyl (C=O) groups is 1. The van der Waals surface area contributed by atoms with Crippen LogP contribution < -0.4 is 10.6 Å². The fourth-order valence-electron chi connectivity index (χ4n) is 3.89. The summed E-state index contributed by atoms with van der Waals surface area (Å²) in [6.07, 6.45) is 7.00. The van der Waals surface area contributed by atoms with Crippen LogP contribution in [0.4, 0.5) is 4.39 Å². The number of hydrogen-bond donors (Lipinski definition) is 2. The van der Waals surface area contributed by atoms with Crippen LogP contribution in [0.25, 0.3) is 0 Å². The molecule has 1 amide bonds. The second-order valence-electron chi connectivity index (χ2n) is 6.67. The molecule has 1 heterocycles. The van der Waals surface area contributed by atoms with Crippen molar-refractivity contribution in [2.45, 2.75) is 56.4 Å². The van der Waals surface area contributed by atoms with Crippen LogP contribution in [0.2, 0.25) is 0 Å². The Morgan fingerprint density at radius 2 is 2.05 bits per heavy atom. The van der Waals surface area contributed by atoms with Crippen LogP contribution >= 0.6 is 0 Å². The second-order valence-corrected chi connectivity index (χ2v) is 6.67. The molecule has 1 aliphatic carbocycles. The summed E-state index contributed by atoms with van der Waals surface area (Å²) < 4.78 is 13.7. The zero-order valence-corrected chi connectivity index (χ0v) is 13.0. The van der Waals surface area contributed by atoms with E-state index in [2.05, 4.69) is 10.6 Å². The summed E-state index contributed by atoms with van der Waals surface area (Å²) in [6, 6.07) is 6.82. The van der Waals surface area contributed by atoms with Crippen molar-refractivity contribution in [2.24, 2.45) is 0 Å². The predicted molar refractivity (Wildman–Crippen MR) is 85.2 cm³/mol. The molecule has 1 unspecified atom stereocenters. The first-order valence-corrected chi connectivity index (χ1v) is 8.48. The minimum absolute atomic E-state index is 0.0894. The molecule has 1 aromatic rings. The molecule has 0 spiro atoms. The van der Waals surface area contributed by atoms with Crippen LogP contribution in [-0.4, -0.2) is 25.0 Å². The molecule has 1 atom stereocenters. The van der Waals surface area contributed by atoms with Crippen molar-refractivity contribution in [1.82, 2.24) is 10.6 Å². The average molecular weight is 304 g/mol. The molecule has 2 fully saturated rings. The minimum atomic E-state index is -0.544. The van der Waals surface area contributed by atoms with Crippen molar-refractivity contribution in [3.8, 4) is 0 Å². The van der Waals surface area contributed by atoms with Gasteiger partial charge in [0.05, 0.1) is 5.41 Å². The van der Waals surface area contributed by atoms with E-state index in [1.165, 1.54) is 6.07 Å². The predicted octanol–water partition coefficient (Wildman–Crippen LogP) is 2.90. The number of piperidine rings is 1. The first-order chi connectivity index (χ1) is 10.7. The first-order valence-electron chi connectivity index (χ1n) is 8.48. The zero-order valence-electron chi connectivity index (χ0n) is 13.0. The molecular formula is C18H25FN2O. The second kappa shape index (κ2) is 6.78. The molecule has 1 aromatic carbocycles.